The summed E-state index contributed by atoms with van der Waals surface area (Å²) in [5, 5.41) is 9.26. The second-order valence-corrected chi connectivity index (χ2v) is 5.13. The van der Waals surface area contributed by atoms with Gasteiger partial charge in [0.05, 0.1) is 0 Å². The predicted octanol–water partition coefficient (Wildman–Crippen LogP) is 2.72. The van der Waals surface area contributed by atoms with Gasteiger partial charge in [-0.25, -0.2) is 4.79 Å². The van der Waals surface area contributed by atoms with E-state index in [4.69, 9.17) is 0 Å². The molecule has 96 valence electrons. The van der Waals surface area contributed by atoms with Crippen LogP contribution in [0.1, 0.15) is 31.2 Å². The van der Waals surface area contributed by atoms with Crippen molar-refractivity contribution in [1.82, 2.24) is 5.32 Å². The van der Waals surface area contributed by atoms with Gasteiger partial charge in [0.15, 0.2) is 0 Å². The number of aryl methyl sites for hydroxylation is 1. The molecule has 0 spiro atoms. The molecule has 4 heteroatoms. The summed E-state index contributed by atoms with van der Waals surface area (Å²) in [5.41, 5.74) is 3.38. The number of hydrogen-bond acceptors (Lipinski definition) is 2. The molecular formula is C14H19N3O. The van der Waals surface area contributed by atoms with E-state index in [2.05, 4.69) is 22.0 Å². The SMILES string of the molecule is O=C(Nc1ccc2c(c1)CCCN2)NC1CCC1. The highest BCUT2D eigenvalue weighted by atomic mass is 16.2. The molecule has 2 aliphatic rings. The van der Waals surface area contributed by atoms with Crippen LogP contribution in [0.2, 0.25) is 0 Å². The van der Waals surface area contributed by atoms with Gasteiger partial charge < -0.3 is 16.0 Å². The minimum absolute atomic E-state index is 0.0802. The van der Waals surface area contributed by atoms with Crippen LogP contribution in [-0.4, -0.2) is 18.6 Å². The fourth-order valence-corrected chi connectivity index (χ4v) is 2.46. The summed E-state index contributed by atoms with van der Waals surface area (Å²) >= 11 is 0. The first kappa shape index (κ1) is 11.4. The molecule has 0 bridgehead atoms. The molecule has 3 rings (SSSR count). The molecule has 0 radical (unpaired) electrons. The van der Waals surface area contributed by atoms with Crippen molar-refractivity contribution < 1.29 is 4.79 Å². The van der Waals surface area contributed by atoms with Crippen molar-refractivity contribution >= 4 is 17.4 Å². The van der Waals surface area contributed by atoms with E-state index in [9.17, 15) is 4.79 Å². The molecule has 1 aromatic carbocycles. The second kappa shape index (κ2) is 4.88. The number of benzene rings is 1. The van der Waals surface area contributed by atoms with Crippen molar-refractivity contribution in [2.45, 2.75) is 38.1 Å². The molecule has 2 amide bonds. The van der Waals surface area contributed by atoms with Crippen molar-refractivity contribution in [3.8, 4) is 0 Å². The Hall–Kier alpha value is -1.71. The van der Waals surface area contributed by atoms with E-state index in [0.29, 0.717) is 6.04 Å². The predicted molar refractivity (Wildman–Crippen MR) is 73.0 cm³/mol. The van der Waals surface area contributed by atoms with Crippen LogP contribution in [0.25, 0.3) is 0 Å². The number of rotatable bonds is 2. The molecule has 1 fully saturated rings. The van der Waals surface area contributed by atoms with E-state index < -0.39 is 0 Å². The van der Waals surface area contributed by atoms with Gasteiger partial charge in [-0.2, -0.15) is 0 Å². The second-order valence-electron chi connectivity index (χ2n) is 5.13. The van der Waals surface area contributed by atoms with Gasteiger partial charge in [0.2, 0.25) is 0 Å². The number of anilines is 2. The molecule has 0 saturated heterocycles. The number of hydrogen-bond donors (Lipinski definition) is 3. The number of fused-ring (bicyclic) bond motifs is 1. The zero-order valence-electron chi connectivity index (χ0n) is 10.5. The van der Waals surface area contributed by atoms with Crippen LogP contribution in [0.4, 0.5) is 16.2 Å². The van der Waals surface area contributed by atoms with Crippen molar-refractivity contribution in [3.63, 3.8) is 0 Å². The zero-order valence-corrected chi connectivity index (χ0v) is 10.5. The number of urea groups is 1. The summed E-state index contributed by atoms with van der Waals surface area (Å²) in [4.78, 5) is 11.7. The number of carbonyl (C=O) groups excluding carboxylic acids is 1. The Balaban J connectivity index is 1.63. The summed E-state index contributed by atoms with van der Waals surface area (Å²) in [6.45, 7) is 1.04. The first-order valence-corrected chi connectivity index (χ1v) is 6.75. The maximum atomic E-state index is 11.7. The third-order valence-electron chi connectivity index (χ3n) is 3.74. The summed E-state index contributed by atoms with van der Waals surface area (Å²) in [6, 6.07) is 6.38. The van der Waals surface area contributed by atoms with Crippen molar-refractivity contribution in [2.75, 3.05) is 17.2 Å². The summed E-state index contributed by atoms with van der Waals surface area (Å²) in [7, 11) is 0. The lowest BCUT2D eigenvalue weighted by atomic mass is 9.93. The third kappa shape index (κ3) is 2.42. The van der Waals surface area contributed by atoms with Crippen molar-refractivity contribution in [1.29, 1.82) is 0 Å². The summed E-state index contributed by atoms with van der Waals surface area (Å²) < 4.78 is 0. The van der Waals surface area contributed by atoms with Crippen molar-refractivity contribution in [3.05, 3.63) is 23.8 Å². The molecule has 1 heterocycles. The van der Waals surface area contributed by atoms with Crippen LogP contribution in [0.3, 0.4) is 0 Å². The number of carbonyl (C=O) groups is 1. The lowest BCUT2D eigenvalue weighted by Gasteiger charge is -2.26. The molecule has 1 saturated carbocycles. The zero-order chi connectivity index (χ0) is 12.4. The molecule has 0 atom stereocenters. The first-order valence-electron chi connectivity index (χ1n) is 6.75. The fourth-order valence-electron chi connectivity index (χ4n) is 2.46. The van der Waals surface area contributed by atoms with E-state index in [1.807, 2.05) is 12.1 Å². The Morgan fingerprint density at radius 2 is 2.17 bits per heavy atom. The average Bonchev–Trinajstić information content (AvgIpc) is 2.34. The van der Waals surface area contributed by atoms with Gasteiger partial charge in [-0.05, 0) is 55.9 Å². The lowest BCUT2D eigenvalue weighted by Crippen LogP contribution is -2.41. The molecule has 1 aliphatic carbocycles. The Morgan fingerprint density at radius 1 is 1.28 bits per heavy atom. The first-order chi connectivity index (χ1) is 8.81. The topological polar surface area (TPSA) is 53.2 Å². The van der Waals surface area contributed by atoms with Gasteiger partial charge >= 0.3 is 6.03 Å². The Kier molecular flexibility index (Phi) is 3.09. The highest BCUT2D eigenvalue weighted by molar-refractivity contribution is 5.90. The molecule has 0 unspecified atom stereocenters. The van der Waals surface area contributed by atoms with Crippen LogP contribution >= 0.6 is 0 Å². The highest BCUT2D eigenvalue weighted by Gasteiger charge is 2.19. The van der Waals surface area contributed by atoms with Crippen LogP contribution < -0.4 is 16.0 Å². The van der Waals surface area contributed by atoms with Crippen LogP contribution in [0.5, 0.6) is 0 Å². The quantitative estimate of drug-likeness (QED) is 0.750. The van der Waals surface area contributed by atoms with Gasteiger partial charge in [-0.3, -0.25) is 0 Å². The van der Waals surface area contributed by atoms with E-state index in [0.717, 1.165) is 37.9 Å². The van der Waals surface area contributed by atoms with Crippen LogP contribution in [-0.2, 0) is 6.42 Å². The standard InChI is InChI=1S/C14H19N3O/c18-14(16-11-4-1-5-11)17-12-6-7-13-10(9-12)3-2-8-15-13/h6-7,9,11,15H,1-5,8H2,(H2,16,17,18). The van der Waals surface area contributed by atoms with E-state index in [-0.39, 0.29) is 6.03 Å². The summed E-state index contributed by atoms with van der Waals surface area (Å²) in [5.74, 6) is 0. The van der Waals surface area contributed by atoms with Crippen LogP contribution in [0, 0.1) is 0 Å². The van der Waals surface area contributed by atoms with Crippen molar-refractivity contribution in [2.24, 2.45) is 0 Å². The Bertz CT molecular complexity index is 454. The monoisotopic (exact) mass is 245 g/mol. The Morgan fingerprint density at radius 3 is 2.94 bits per heavy atom. The normalized spacial score (nSPS) is 18.2. The smallest absolute Gasteiger partial charge is 0.319 e. The fraction of sp³-hybridized carbons (Fsp3) is 0.500. The third-order valence-corrected chi connectivity index (χ3v) is 3.74. The van der Waals surface area contributed by atoms with Gasteiger partial charge in [-0.1, -0.05) is 0 Å². The Labute approximate surface area is 107 Å². The van der Waals surface area contributed by atoms with E-state index in [1.165, 1.54) is 17.7 Å². The lowest BCUT2D eigenvalue weighted by molar-refractivity contribution is 0.240. The maximum absolute atomic E-state index is 11.7. The van der Waals surface area contributed by atoms with Gasteiger partial charge in [0, 0.05) is 24.0 Å². The number of amides is 2. The van der Waals surface area contributed by atoms with Gasteiger partial charge in [-0.15, -0.1) is 0 Å². The molecule has 0 aromatic heterocycles. The summed E-state index contributed by atoms with van der Waals surface area (Å²) in [6.07, 6.45) is 5.70. The molecule has 1 aromatic rings. The minimum Gasteiger partial charge on any atom is -0.385 e. The van der Waals surface area contributed by atoms with Gasteiger partial charge in [0.1, 0.15) is 0 Å². The van der Waals surface area contributed by atoms with E-state index >= 15 is 0 Å². The number of nitrogens with one attached hydrogen (secondary N) is 3. The average molecular weight is 245 g/mol. The minimum atomic E-state index is -0.0802. The van der Waals surface area contributed by atoms with E-state index in [1.54, 1.807) is 0 Å². The maximum Gasteiger partial charge on any atom is 0.319 e. The largest absolute Gasteiger partial charge is 0.385 e. The molecule has 1 aliphatic heterocycles. The molecule has 18 heavy (non-hydrogen) atoms. The van der Waals surface area contributed by atoms with Crippen LogP contribution in [0.15, 0.2) is 18.2 Å². The van der Waals surface area contributed by atoms with Gasteiger partial charge in [0.25, 0.3) is 0 Å². The molecular weight excluding hydrogens is 226 g/mol. The molecule has 4 nitrogen and oxygen atoms in total. The molecule has 3 N–H and O–H groups in total. The highest BCUT2D eigenvalue weighted by Crippen LogP contribution is 2.25.